The smallest absolute Gasteiger partial charge is 0.262 e. The van der Waals surface area contributed by atoms with Gasteiger partial charge in [-0.1, -0.05) is 6.92 Å². The third-order valence-electron chi connectivity index (χ3n) is 5.47. The van der Waals surface area contributed by atoms with Crippen molar-refractivity contribution in [1.29, 1.82) is 0 Å². The van der Waals surface area contributed by atoms with Crippen molar-refractivity contribution >= 4 is 21.6 Å². The average Bonchev–Trinajstić information content (AvgIpc) is 3.03. The van der Waals surface area contributed by atoms with E-state index in [1.807, 2.05) is 19.1 Å². The minimum atomic E-state index is 0.0567. The molecule has 0 fully saturated rings. The quantitative estimate of drug-likeness (QED) is 0.683. The number of rotatable bonds is 4. The van der Waals surface area contributed by atoms with Gasteiger partial charge in [-0.05, 0) is 60.9 Å². The predicted octanol–water partition coefficient (Wildman–Crippen LogP) is 3.96. The second-order valence-electron chi connectivity index (χ2n) is 7.34. The fourth-order valence-electron chi connectivity index (χ4n) is 3.86. The fraction of sp³-hybridized carbons (Fsp3) is 0.429. The van der Waals surface area contributed by atoms with Gasteiger partial charge >= 0.3 is 0 Å². The maximum absolute atomic E-state index is 13.2. The van der Waals surface area contributed by atoms with E-state index in [0.29, 0.717) is 24.0 Å². The van der Waals surface area contributed by atoms with Crippen molar-refractivity contribution in [2.75, 3.05) is 14.2 Å². The lowest BCUT2D eigenvalue weighted by atomic mass is 9.89. The SMILES string of the molecule is COc1cc(C)c(Cn2cnc3sc4c(c3c2=O)CC[C@@H](C)C4)cc1OC. The molecule has 0 saturated heterocycles. The highest BCUT2D eigenvalue weighted by Gasteiger charge is 2.23. The Hall–Kier alpha value is -2.34. The third kappa shape index (κ3) is 3.12. The van der Waals surface area contributed by atoms with Crippen LogP contribution in [0.2, 0.25) is 0 Å². The van der Waals surface area contributed by atoms with Crippen molar-refractivity contribution in [2.24, 2.45) is 5.92 Å². The second kappa shape index (κ2) is 7.00. The molecule has 1 aromatic carbocycles. The molecule has 3 aromatic rings. The summed E-state index contributed by atoms with van der Waals surface area (Å²) in [7, 11) is 3.25. The molecule has 4 rings (SSSR count). The normalized spacial score (nSPS) is 16.4. The van der Waals surface area contributed by atoms with Crippen LogP contribution in [0.5, 0.6) is 11.5 Å². The molecule has 1 aliphatic carbocycles. The van der Waals surface area contributed by atoms with Crippen LogP contribution in [0.15, 0.2) is 23.3 Å². The lowest BCUT2D eigenvalue weighted by molar-refractivity contribution is 0.354. The summed E-state index contributed by atoms with van der Waals surface area (Å²) in [5.74, 6) is 2.05. The van der Waals surface area contributed by atoms with Crippen LogP contribution in [0.3, 0.4) is 0 Å². The molecule has 0 radical (unpaired) electrons. The number of aromatic nitrogens is 2. The molecule has 0 amide bonds. The summed E-state index contributed by atoms with van der Waals surface area (Å²) in [6.07, 6.45) is 4.85. The molecule has 27 heavy (non-hydrogen) atoms. The molecule has 0 unspecified atom stereocenters. The van der Waals surface area contributed by atoms with Crippen LogP contribution in [0.4, 0.5) is 0 Å². The minimum Gasteiger partial charge on any atom is -0.493 e. The summed E-state index contributed by atoms with van der Waals surface area (Å²) < 4.78 is 12.5. The highest BCUT2D eigenvalue weighted by Crippen LogP contribution is 2.35. The van der Waals surface area contributed by atoms with E-state index in [1.54, 1.807) is 36.5 Å². The van der Waals surface area contributed by atoms with Gasteiger partial charge in [0.25, 0.3) is 5.56 Å². The maximum Gasteiger partial charge on any atom is 0.262 e. The van der Waals surface area contributed by atoms with Crippen molar-refractivity contribution in [3.8, 4) is 11.5 Å². The zero-order valence-corrected chi connectivity index (χ0v) is 17.0. The Balaban J connectivity index is 1.77. The summed E-state index contributed by atoms with van der Waals surface area (Å²) in [5, 5.41) is 0.822. The molecule has 0 saturated carbocycles. The molecule has 1 atom stereocenters. The lowest BCUT2D eigenvalue weighted by Gasteiger charge is -2.17. The Morgan fingerprint density at radius 3 is 2.74 bits per heavy atom. The van der Waals surface area contributed by atoms with Gasteiger partial charge in [-0.25, -0.2) is 4.98 Å². The van der Waals surface area contributed by atoms with Crippen molar-refractivity contribution in [2.45, 2.75) is 39.7 Å². The number of hydrogen-bond donors (Lipinski definition) is 0. The number of thiophene rings is 1. The zero-order valence-electron chi connectivity index (χ0n) is 16.2. The number of fused-ring (bicyclic) bond motifs is 3. The van der Waals surface area contributed by atoms with E-state index in [-0.39, 0.29) is 5.56 Å². The number of methoxy groups -OCH3 is 2. The van der Waals surface area contributed by atoms with Gasteiger partial charge < -0.3 is 9.47 Å². The fourth-order valence-corrected chi connectivity index (χ4v) is 5.20. The molecule has 2 heterocycles. The molecule has 6 heteroatoms. The first-order valence-corrected chi connectivity index (χ1v) is 10.0. The molecule has 1 aliphatic rings. The molecular formula is C21H24N2O3S. The van der Waals surface area contributed by atoms with E-state index in [0.717, 1.165) is 40.6 Å². The number of ether oxygens (including phenoxy) is 2. The Morgan fingerprint density at radius 2 is 2.00 bits per heavy atom. The van der Waals surface area contributed by atoms with Crippen LogP contribution in [0.1, 0.15) is 34.9 Å². The monoisotopic (exact) mass is 384 g/mol. The van der Waals surface area contributed by atoms with Crippen molar-refractivity contribution < 1.29 is 9.47 Å². The highest BCUT2D eigenvalue weighted by molar-refractivity contribution is 7.18. The largest absolute Gasteiger partial charge is 0.493 e. The van der Waals surface area contributed by atoms with E-state index in [1.165, 1.54) is 10.4 Å². The van der Waals surface area contributed by atoms with Crippen LogP contribution >= 0.6 is 11.3 Å². The standard InChI is InChI=1S/C21H24N2O3S/c1-12-5-6-15-18(7-12)27-20-19(15)21(24)23(11-22-20)10-14-9-17(26-4)16(25-3)8-13(14)2/h8-9,11-12H,5-7,10H2,1-4H3/t12-/m1/s1. The second-order valence-corrected chi connectivity index (χ2v) is 8.43. The summed E-state index contributed by atoms with van der Waals surface area (Å²) in [6.45, 7) is 4.76. The van der Waals surface area contributed by atoms with Gasteiger partial charge in [0.05, 0.1) is 32.5 Å². The molecule has 0 spiro atoms. The topological polar surface area (TPSA) is 53.4 Å². The Bertz CT molecular complexity index is 1070. The Morgan fingerprint density at radius 1 is 1.26 bits per heavy atom. The van der Waals surface area contributed by atoms with Gasteiger partial charge in [0.1, 0.15) is 4.83 Å². The van der Waals surface area contributed by atoms with Gasteiger partial charge in [-0.3, -0.25) is 9.36 Å². The number of nitrogens with zero attached hydrogens (tertiary/aromatic N) is 2. The lowest BCUT2D eigenvalue weighted by Crippen LogP contribution is -2.22. The van der Waals surface area contributed by atoms with E-state index < -0.39 is 0 Å². The van der Waals surface area contributed by atoms with Crippen LogP contribution in [0, 0.1) is 12.8 Å². The maximum atomic E-state index is 13.2. The average molecular weight is 385 g/mol. The van der Waals surface area contributed by atoms with E-state index in [2.05, 4.69) is 11.9 Å². The van der Waals surface area contributed by atoms with E-state index >= 15 is 0 Å². The highest BCUT2D eigenvalue weighted by atomic mass is 32.1. The summed E-state index contributed by atoms with van der Waals surface area (Å²) in [6, 6.07) is 3.88. The first-order valence-electron chi connectivity index (χ1n) is 9.23. The Labute approximate surface area is 162 Å². The number of hydrogen-bond acceptors (Lipinski definition) is 5. The molecule has 5 nitrogen and oxygen atoms in total. The molecule has 0 aliphatic heterocycles. The molecule has 2 aromatic heterocycles. The van der Waals surface area contributed by atoms with Gasteiger partial charge in [0.15, 0.2) is 11.5 Å². The van der Waals surface area contributed by atoms with Crippen molar-refractivity contribution in [3.63, 3.8) is 0 Å². The first kappa shape index (κ1) is 18.0. The van der Waals surface area contributed by atoms with E-state index in [4.69, 9.17) is 9.47 Å². The minimum absolute atomic E-state index is 0.0567. The van der Waals surface area contributed by atoms with Crippen LogP contribution in [-0.4, -0.2) is 23.8 Å². The molecular weight excluding hydrogens is 360 g/mol. The summed E-state index contributed by atoms with van der Waals surface area (Å²) in [5.41, 5.74) is 3.36. The van der Waals surface area contributed by atoms with Gasteiger partial charge in [0.2, 0.25) is 0 Å². The molecule has 142 valence electrons. The summed E-state index contributed by atoms with van der Waals surface area (Å²) >= 11 is 1.69. The molecule has 0 N–H and O–H groups in total. The predicted molar refractivity (Wildman–Crippen MR) is 108 cm³/mol. The van der Waals surface area contributed by atoms with Gasteiger partial charge in [-0.15, -0.1) is 11.3 Å². The molecule has 0 bridgehead atoms. The van der Waals surface area contributed by atoms with E-state index in [9.17, 15) is 4.79 Å². The van der Waals surface area contributed by atoms with Gasteiger partial charge in [0, 0.05) is 4.88 Å². The summed E-state index contributed by atoms with van der Waals surface area (Å²) in [4.78, 5) is 20.0. The zero-order chi connectivity index (χ0) is 19.1. The van der Waals surface area contributed by atoms with Crippen LogP contribution < -0.4 is 15.0 Å². The van der Waals surface area contributed by atoms with Crippen LogP contribution in [-0.2, 0) is 19.4 Å². The number of aryl methyl sites for hydroxylation is 2. The van der Waals surface area contributed by atoms with Crippen molar-refractivity contribution in [3.05, 3.63) is 50.4 Å². The van der Waals surface area contributed by atoms with Crippen LogP contribution in [0.25, 0.3) is 10.2 Å². The third-order valence-corrected chi connectivity index (χ3v) is 6.63. The number of benzene rings is 1. The Kier molecular flexibility index (Phi) is 4.68. The van der Waals surface area contributed by atoms with Gasteiger partial charge in [-0.2, -0.15) is 0 Å². The van der Waals surface area contributed by atoms with Crippen molar-refractivity contribution in [1.82, 2.24) is 9.55 Å². The first-order chi connectivity index (χ1) is 13.0.